The van der Waals surface area contributed by atoms with Gasteiger partial charge in [-0.25, -0.2) is 24.9 Å². The molecule has 9 rings (SSSR count). The van der Waals surface area contributed by atoms with E-state index in [0.29, 0.717) is 23.3 Å². The van der Waals surface area contributed by atoms with Crippen LogP contribution in [-0.2, 0) is 0 Å². The van der Waals surface area contributed by atoms with Gasteiger partial charge in [0, 0.05) is 43.3 Å². The van der Waals surface area contributed by atoms with E-state index < -0.39 is 0 Å². The van der Waals surface area contributed by atoms with Crippen LogP contribution >= 0.6 is 11.3 Å². The predicted molar refractivity (Wildman–Crippen MR) is 201 cm³/mol. The Morgan fingerprint density at radius 3 is 1.43 bits per heavy atom. The lowest BCUT2D eigenvalue weighted by molar-refractivity contribution is 1.07. The van der Waals surface area contributed by atoms with Crippen LogP contribution in [0.4, 0.5) is 0 Å². The van der Waals surface area contributed by atoms with Crippen molar-refractivity contribution >= 4 is 31.6 Å². The molecule has 230 valence electrons. The quantitative estimate of drug-likeness (QED) is 0.180. The lowest BCUT2D eigenvalue weighted by atomic mass is 10.0. The van der Waals surface area contributed by atoms with Crippen LogP contribution in [0.2, 0.25) is 0 Å². The van der Waals surface area contributed by atoms with Gasteiger partial charge >= 0.3 is 0 Å². The molecule has 0 aliphatic carbocycles. The number of rotatable bonds is 6. The summed E-state index contributed by atoms with van der Waals surface area (Å²) in [6, 6.07) is 55.8. The molecule has 5 nitrogen and oxygen atoms in total. The fourth-order valence-electron chi connectivity index (χ4n) is 6.15. The second-order valence-electron chi connectivity index (χ2n) is 11.7. The largest absolute Gasteiger partial charge is 0.227 e. The van der Waals surface area contributed by atoms with Crippen LogP contribution in [0.1, 0.15) is 0 Å². The number of fused-ring (bicyclic) bond motifs is 3. The minimum atomic E-state index is 0.603. The summed E-state index contributed by atoms with van der Waals surface area (Å²) in [4.78, 5) is 26.2. The van der Waals surface area contributed by atoms with Gasteiger partial charge in [0.1, 0.15) is 4.83 Å². The molecule has 0 radical (unpaired) electrons. The van der Waals surface area contributed by atoms with Gasteiger partial charge in [-0.2, -0.15) is 0 Å². The summed E-state index contributed by atoms with van der Waals surface area (Å²) < 4.78 is 1.18. The van der Waals surface area contributed by atoms with E-state index in [1.165, 1.54) is 10.3 Å². The molecule has 3 aromatic heterocycles. The third kappa shape index (κ3) is 5.54. The van der Waals surface area contributed by atoms with E-state index in [2.05, 4.69) is 97.1 Å². The first-order valence-electron chi connectivity index (χ1n) is 16.1. The van der Waals surface area contributed by atoms with E-state index in [9.17, 15) is 0 Å². The average Bonchev–Trinajstić information content (AvgIpc) is 3.57. The Hall–Kier alpha value is -6.37. The molecule has 9 aromatic rings. The Bertz CT molecular complexity index is 2530. The molecule has 0 aliphatic heterocycles. The van der Waals surface area contributed by atoms with Gasteiger partial charge in [0.25, 0.3) is 0 Å². The minimum absolute atomic E-state index is 0.603. The maximum atomic E-state index is 5.27. The SMILES string of the molecule is c1ccc(-c2ccc(-c3nc(-c4cccc(-c5nc(-c6ccccc6)nc(-c6ccccc6)n5)c4)c4c(n3)sc3ccccc34)cc2)cc1. The molecule has 0 fully saturated rings. The number of hydrogen-bond acceptors (Lipinski definition) is 6. The molecular formula is C43H27N5S. The standard InChI is InChI=1S/C43H27N5S/c1-4-13-28(14-5-1)29-23-25-32(26-24-29)39-44-38(37-35-21-10-11-22-36(35)49-43(37)48-39)33-19-12-20-34(27-33)42-46-40(30-15-6-2-7-16-30)45-41(47-42)31-17-8-3-9-18-31/h1-27H. The van der Waals surface area contributed by atoms with Crippen molar-refractivity contribution in [3.63, 3.8) is 0 Å². The lowest BCUT2D eigenvalue weighted by Gasteiger charge is -2.11. The van der Waals surface area contributed by atoms with Crippen LogP contribution in [0.5, 0.6) is 0 Å². The Balaban J connectivity index is 1.21. The highest BCUT2D eigenvalue weighted by Gasteiger charge is 2.18. The number of benzene rings is 6. The second-order valence-corrected chi connectivity index (χ2v) is 12.8. The zero-order valence-corrected chi connectivity index (χ0v) is 27.0. The fourth-order valence-corrected chi connectivity index (χ4v) is 7.22. The molecule has 0 N–H and O–H groups in total. The van der Waals surface area contributed by atoms with Crippen molar-refractivity contribution in [3.8, 4) is 67.9 Å². The van der Waals surface area contributed by atoms with Crippen molar-refractivity contribution in [1.29, 1.82) is 0 Å². The highest BCUT2D eigenvalue weighted by Crippen LogP contribution is 2.40. The first-order valence-corrected chi connectivity index (χ1v) is 16.9. The van der Waals surface area contributed by atoms with Gasteiger partial charge in [-0.15, -0.1) is 11.3 Å². The average molecular weight is 646 g/mol. The maximum absolute atomic E-state index is 5.27. The van der Waals surface area contributed by atoms with Crippen molar-refractivity contribution in [2.24, 2.45) is 0 Å². The maximum Gasteiger partial charge on any atom is 0.164 e. The highest BCUT2D eigenvalue weighted by molar-refractivity contribution is 7.25. The molecule has 0 saturated heterocycles. The number of thiophene rings is 1. The van der Waals surface area contributed by atoms with Crippen LogP contribution in [0.15, 0.2) is 164 Å². The third-order valence-corrected chi connectivity index (χ3v) is 9.65. The van der Waals surface area contributed by atoms with Crippen LogP contribution in [0, 0.1) is 0 Å². The monoisotopic (exact) mass is 645 g/mol. The predicted octanol–water partition coefficient (Wildman–Crippen LogP) is 11.0. The first-order chi connectivity index (χ1) is 24.3. The molecule has 3 heterocycles. The van der Waals surface area contributed by atoms with E-state index >= 15 is 0 Å². The van der Waals surface area contributed by atoms with Gasteiger partial charge in [0.2, 0.25) is 0 Å². The Kier molecular flexibility index (Phi) is 7.26. The molecule has 0 saturated carbocycles. The van der Waals surface area contributed by atoms with Crippen LogP contribution < -0.4 is 0 Å². The second kappa shape index (κ2) is 12.3. The van der Waals surface area contributed by atoms with Crippen molar-refractivity contribution in [2.45, 2.75) is 0 Å². The van der Waals surface area contributed by atoms with Gasteiger partial charge in [0.05, 0.1) is 5.69 Å². The van der Waals surface area contributed by atoms with Crippen molar-refractivity contribution in [2.75, 3.05) is 0 Å². The number of nitrogens with zero attached hydrogens (tertiary/aromatic N) is 5. The van der Waals surface area contributed by atoms with Crippen molar-refractivity contribution in [3.05, 3.63) is 164 Å². The van der Waals surface area contributed by atoms with Crippen LogP contribution in [0.25, 0.3) is 88.2 Å². The summed E-state index contributed by atoms with van der Waals surface area (Å²) in [6.07, 6.45) is 0. The van der Waals surface area contributed by atoms with Crippen LogP contribution in [-0.4, -0.2) is 24.9 Å². The van der Waals surface area contributed by atoms with E-state index in [0.717, 1.165) is 54.7 Å². The summed E-state index contributed by atoms with van der Waals surface area (Å²) in [6.45, 7) is 0. The van der Waals surface area contributed by atoms with E-state index in [1.54, 1.807) is 11.3 Å². The third-order valence-electron chi connectivity index (χ3n) is 8.58. The number of aromatic nitrogens is 5. The van der Waals surface area contributed by atoms with Gasteiger partial charge in [-0.1, -0.05) is 152 Å². The summed E-state index contributed by atoms with van der Waals surface area (Å²) in [5.74, 6) is 2.55. The van der Waals surface area contributed by atoms with Gasteiger partial charge in [-0.05, 0) is 23.3 Å². The molecular weight excluding hydrogens is 619 g/mol. The summed E-state index contributed by atoms with van der Waals surface area (Å²) in [5.41, 5.74) is 7.90. The molecule has 0 amide bonds. The molecule has 0 unspecified atom stereocenters. The summed E-state index contributed by atoms with van der Waals surface area (Å²) in [5, 5.41) is 2.19. The van der Waals surface area contributed by atoms with Crippen LogP contribution in [0.3, 0.4) is 0 Å². The Morgan fingerprint density at radius 1 is 0.327 bits per heavy atom. The Morgan fingerprint density at radius 2 is 0.776 bits per heavy atom. The first kappa shape index (κ1) is 28.8. The molecule has 6 aromatic carbocycles. The molecule has 49 heavy (non-hydrogen) atoms. The van der Waals surface area contributed by atoms with E-state index in [-0.39, 0.29) is 0 Å². The molecule has 0 bridgehead atoms. The summed E-state index contributed by atoms with van der Waals surface area (Å²) in [7, 11) is 0. The van der Waals surface area contributed by atoms with Gasteiger partial charge in [-0.3, -0.25) is 0 Å². The highest BCUT2D eigenvalue weighted by atomic mass is 32.1. The van der Waals surface area contributed by atoms with Crippen molar-refractivity contribution < 1.29 is 0 Å². The summed E-state index contributed by atoms with van der Waals surface area (Å²) >= 11 is 1.70. The number of hydrogen-bond donors (Lipinski definition) is 0. The molecule has 6 heteroatoms. The normalized spacial score (nSPS) is 11.3. The minimum Gasteiger partial charge on any atom is -0.227 e. The smallest absolute Gasteiger partial charge is 0.164 e. The molecule has 0 aliphatic rings. The van der Waals surface area contributed by atoms with E-state index in [4.69, 9.17) is 24.9 Å². The zero-order chi connectivity index (χ0) is 32.6. The van der Waals surface area contributed by atoms with Crippen molar-refractivity contribution in [1.82, 2.24) is 24.9 Å². The fraction of sp³-hybridized carbons (Fsp3) is 0. The van der Waals surface area contributed by atoms with Gasteiger partial charge in [0.15, 0.2) is 23.3 Å². The van der Waals surface area contributed by atoms with E-state index in [1.807, 2.05) is 66.7 Å². The zero-order valence-electron chi connectivity index (χ0n) is 26.2. The topological polar surface area (TPSA) is 64.5 Å². The molecule has 0 atom stereocenters. The van der Waals surface area contributed by atoms with Gasteiger partial charge < -0.3 is 0 Å². The Labute approximate surface area is 287 Å². The molecule has 0 spiro atoms. The lowest BCUT2D eigenvalue weighted by Crippen LogP contribution is -2.00.